The van der Waals surface area contributed by atoms with Crippen LogP contribution in [0.15, 0.2) is 23.6 Å². The molecule has 0 radical (unpaired) electrons. The van der Waals surface area contributed by atoms with Crippen LogP contribution < -0.4 is 5.32 Å². The summed E-state index contributed by atoms with van der Waals surface area (Å²) in [5.74, 6) is -0.195. The third-order valence-electron chi connectivity index (χ3n) is 2.94. The number of rotatable bonds is 5. The van der Waals surface area contributed by atoms with Crippen molar-refractivity contribution in [2.24, 2.45) is 5.92 Å². The van der Waals surface area contributed by atoms with Crippen LogP contribution in [0.2, 0.25) is 0 Å². The number of sulfone groups is 1. The topological polar surface area (TPSA) is 63.2 Å². The van der Waals surface area contributed by atoms with Crippen LogP contribution in [0.3, 0.4) is 0 Å². The van der Waals surface area contributed by atoms with Crippen LogP contribution in [-0.2, 0) is 21.1 Å². The average Bonchev–Trinajstić information content (AvgIpc) is 2.85. The van der Waals surface area contributed by atoms with Crippen LogP contribution in [0, 0.1) is 12.8 Å². The fourth-order valence-electron chi connectivity index (χ4n) is 2.02. The number of carbonyl (C=O) groups excluding carboxylic acids is 1. The molecule has 0 aromatic carbocycles. The minimum absolute atomic E-state index is 0.0601. The zero-order valence-corrected chi connectivity index (χ0v) is 12.4. The Morgan fingerprint density at radius 1 is 1.47 bits per heavy atom. The highest BCUT2D eigenvalue weighted by Gasteiger charge is 2.23. The SMILES string of the molecule is Cc1ccc(CCNC(=O)CC2C=CS(=O)(=O)C2)s1. The Morgan fingerprint density at radius 3 is 2.84 bits per heavy atom. The van der Waals surface area contributed by atoms with E-state index in [1.165, 1.54) is 15.2 Å². The van der Waals surface area contributed by atoms with Gasteiger partial charge in [0.2, 0.25) is 5.91 Å². The number of carbonyl (C=O) groups is 1. The summed E-state index contributed by atoms with van der Waals surface area (Å²) < 4.78 is 22.4. The molecule has 0 saturated heterocycles. The van der Waals surface area contributed by atoms with Crippen molar-refractivity contribution in [2.75, 3.05) is 12.3 Å². The predicted octanol–water partition coefficient (Wildman–Crippen LogP) is 1.66. The van der Waals surface area contributed by atoms with Gasteiger partial charge in [-0.05, 0) is 25.5 Å². The minimum atomic E-state index is -3.06. The molecule has 1 N–H and O–H groups in total. The molecule has 0 fully saturated rings. The number of hydrogen-bond acceptors (Lipinski definition) is 4. The van der Waals surface area contributed by atoms with Gasteiger partial charge in [-0.15, -0.1) is 11.3 Å². The molecule has 1 aliphatic heterocycles. The molecule has 104 valence electrons. The molecule has 4 nitrogen and oxygen atoms in total. The first-order chi connectivity index (χ1) is 8.94. The number of amides is 1. The number of nitrogens with one attached hydrogen (secondary N) is 1. The van der Waals surface area contributed by atoms with Crippen LogP contribution in [0.1, 0.15) is 16.2 Å². The molecule has 6 heteroatoms. The van der Waals surface area contributed by atoms with E-state index in [2.05, 4.69) is 24.4 Å². The summed E-state index contributed by atoms with van der Waals surface area (Å²) >= 11 is 1.73. The molecule has 1 unspecified atom stereocenters. The molecule has 0 aliphatic carbocycles. The van der Waals surface area contributed by atoms with Crippen molar-refractivity contribution in [2.45, 2.75) is 19.8 Å². The largest absolute Gasteiger partial charge is 0.356 e. The predicted molar refractivity (Wildman–Crippen MR) is 76.8 cm³/mol. The van der Waals surface area contributed by atoms with Gasteiger partial charge in [-0.1, -0.05) is 6.08 Å². The summed E-state index contributed by atoms with van der Waals surface area (Å²) in [4.78, 5) is 14.2. The zero-order chi connectivity index (χ0) is 13.9. The van der Waals surface area contributed by atoms with Gasteiger partial charge in [0.15, 0.2) is 9.84 Å². The molecule has 1 aliphatic rings. The number of hydrogen-bond donors (Lipinski definition) is 1. The third kappa shape index (κ3) is 4.47. The van der Waals surface area contributed by atoms with E-state index in [0.29, 0.717) is 6.54 Å². The van der Waals surface area contributed by atoms with E-state index in [1.807, 2.05) is 0 Å². The number of thiophene rings is 1. The van der Waals surface area contributed by atoms with Crippen LogP contribution >= 0.6 is 11.3 Å². The zero-order valence-electron chi connectivity index (χ0n) is 10.8. The maximum Gasteiger partial charge on any atom is 0.220 e. The van der Waals surface area contributed by atoms with E-state index in [4.69, 9.17) is 0 Å². The Bertz CT molecular complexity index is 587. The Labute approximate surface area is 117 Å². The monoisotopic (exact) mass is 299 g/mol. The van der Waals surface area contributed by atoms with Gasteiger partial charge in [0, 0.05) is 34.0 Å². The molecule has 0 spiro atoms. The summed E-state index contributed by atoms with van der Waals surface area (Å²) in [7, 11) is -3.06. The van der Waals surface area contributed by atoms with Gasteiger partial charge in [0.25, 0.3) is 0 Å². The maximum absolute atomic E-state index is 11.7. The second-order valence-electron chi connectivity index (χ2n) is 4.73. The second kappa shape index (κ2) is 5.88. The maximum atomic E-state index is 11.7. The fourth-order valence-corrected chi connectivity index (χ4v) is 4.31. The van der Waals surface area contributed by atoms with E-state index in [1.54, 1.807) is 17.4 Å². The Balaban J connectivity index is 1.69. The van der Waals surface area contributed by atoms with Crippen molar-refractivity contribution in [3.8, 4) is 0 Å². The fraction of sp³-hybridized carbons (Fsp3) is 0.462. The number of allylic oxidation sites excluding steroid dienone is 1. The first-order valence-electron chi connectivity index (χ1n) is 6.17. The number of aryl methyl sites for hydroxylation is 1. The summed E-state index contributed by atoms with van der Waals surface area (Å²) in [6.07, 6.45) is 2.68. The van der Waals surface area contributed by atoms with Gasteiger partial charge in [-0.25, -0.2) is 8.42 Å². The van der Waals surface area contributed by atoms with Gasteiger partial charge in [0.1, 0.15) is 0 Å². The van der Waals surface area contributed by atoms with Crippen molar-refractivity contribution in [3.05, 3.63) is 33.4 Å². The molecular formula is C13H17NO3S2. The summed E-state index contributed by atoms with van der Waals surface area (Å²) in [6, 6.07) is 4.13. The molecule has 1 aromatic heterocycles. The Hall–Kier alpha value is -1.14. The van der Waals surface area contributed by atoms with Gasteiger partial charge in [-0.3, -0.25) is 4.79 Å². The molecule has 2 rings (SSSR count). The van der Waals surface area contributed by atoms with E-state index >= 15 is 0 Å². The van der Waals surface area contributed by atoms with E-state index < -0.39 is 9.84 Å². The Morgan fingerprint density at radius 2 is 2.26 bits per heavy atom. The van der Waals surface area contributed by atoms with E-state index in [-0.39, 0.29) is 24.0 Å². The normalized spacial score (nSPS) is 20.6. The standard InChI is InChI=1S/C13H17NO3S2/c1-10-2-3-12(18-10)4-6-14-13(15)8-11-5-7-19(16,17)9-11/h2-3,5,7,11H,4,6,8-9H2,1H3,(H,14,15). The van der Waals surface area contributed by atoms with E-state index in [9.17, 15) is 13.2 Å². The molecule has 19 heavy (non-hydrogen) atoms. The van der Waals surface area contributed by atoms with E-state index in [0.717, 1.165) is 6.42 Å². The molecule has 1 atom stereocenters. The minimum Gasteiger partial charge on any atom is -0.356 e. The lowest BCUT2D eigenvalue weighted by molar-refractivity contribution is -0.121. The van der Waals surface area contributed by atoms with Crippen LogP contribution in [0.25, 0.3) is 0 Å². The molecular weight excluding hydrogens is 282 g/mol. The van der Waals surface area contributed by atoms with Crippen molar-refractivity contribution in [1.82, 2.24) is 5.32 Å². The smallest absolute Gasteiger partial charge is 0.220 e. The summed E-state index contributed by atoms with van der Waals surface area (Å²) in [5, 5.41) is 4.04. The van der Waals surface area contributed by atoms with Crippen molar-refractivity contribution >= 4 is 27.1 Å². The van der Waals surface area contributed by atoms with Crippen LogP contribution in [-0.4, -0.2) is 26.6 Å². The highest BCUT2D eigenvalue weighted by molar-refractivity contribution is 7.94. The molecule has 0 saturated carbocycles. The highest BCUT2D eigenvalue weighted by Crippen LogP contribution is 2.18. The van der Waals surface area contributed by atoms with Gasteiger partial charge in [0.05, 0.1) is 5.75 Å². The lowest BCUT2D eigenvalue weighted by Gasteiger charge is -2.07. The van der Waals surface area contributed by atoms with Crippen LogP contribution in [0.4, 0.5) is 0 Å². The lowest BCUT2D eigenvalue weighted by Crippen LogP contribution is -2.27. The van der Waals surface area contributed by atoms with Gasteiger partial charge < -0.3 is 5.32 Å². The second-order valence-corrected chi connectivity index (χ2v) is 8.04. The first kappa shape index (κ1) is 14.3. The van der Waals surface area contributed by atoms with Crippen LogP contribution in [0.5, 0.6) is 0 Å². The lowest BCUT2D eigenvalue weighted by atomic mass is 10.1. The third-order valence-corrected chi connectivity index (χ3v) is 5.47. The molecule has 1 amide bonds. The van der Waals surface area contributed by atoms with Gasteiger partial charge >= 0.3 is 0 Å². The first-order valence-corrected chi connectivity index (χ1v) is 8.71. The van der Waals surface area contributed by atoms with Crippen molar-refractivity contribution < 1.29 is 13.2 Å². The quantitative estimate of drug-likeness (QED) is 0.899. The summed E-state index contributed by atoms with van der Waals surface area (Å²) in [6.45, 7) is 2.65. The van der Waals surface area contributed by atoms with Crippen molar-refractivity contribution in [3.63, 3.8) is 0 Å². The van der Waals surface area contributed by atoms with Gasteiger partial charge in [-0.2, -0.15) is 0 Å². The van der Waals surface area contributed by atoms with Crippen molar-refractivity contribution in [1.29, 1.82) is 0 Å². The molecule has 2 heterocycles. The average molecular weight is 299 g/mol. The molecule has 0 bridgehead atoms. The highest BCUT2D eigenvalue weighted by atomic mass is 32.2. The Kier molecular flexibility index (Phi) is 4.42. The summed E-state index contributed by atoms with van der Waals surface area (Å²) in [5.41, 5.74) is 0. The molecule has 1 aromatic rings.